The van der Waals surface area contributed by atoms with Crippen molar-refractivity contribution in [3.05, 3.63) is 58.6 Å². The fourth-order valence-corrected chi connectivity index (χ4v) is 1.92. The van der Waals surface area contributed by atoms with Crippen LogP contribution in [0, 0.1) is 11.6 Å². The maximum Gasteiger partial charge on any atom is 0.340 e. The summed E-state index contributed by atoms with van der Waals surface area (Å²) in [6.07, 6.45) is 0. The number of hydrogen-bond donors (Lipinski definition) is 2. The number of nitrogens with one attached hydrogen (secondary N) is 1. The molecule has 0 saturated heterocycles. The zero-order valence-corrected chi connectivity index (χ0v) is 12.4. The molecule has 2 aromatic carbocycles. The second-order valence-electron chi connectivity index (χ2n) is 4.48. The first kappa shape index (κ1) is 16.7. The SMILES string of the molecule is Nc1cc(F)ccc1C(=O)OCC(=O)Nc1ccc(F)cc1Cl. The van der Waals surface area contributed by atoms with Crippen LogP contribution in [-0.4, -0.2) is 18.5 Å². The first-order chi connectivity index (χ1) is 10.9. The van der Waals surface area contributed by atoms with Gasteiger partial charge in [-0.15, -0.1) is 0 Å². The fraction of sp³-hybridized carbons (Fsp3) is 0.0667. The van der Waals surface area contributed by atoms with E-state index in [0.717, 1.165) is 30.3 Å². The maximum atomic E-state index is 12.9. The maximum absolute atomic E-state index is 12.9. The number of ether oxygens (including phenoxy) is 1. The Morgan fingerprint density at radius 1 is 1.13 bits per heavy atom. The zero-order chi connectivity index (χ0) is 17.0. The molecule has 0 bridgehead atoms. The first-order valence-electron chi connectivity index (χ1n) is 6.34. The van der Waals surface area contributed by atoms with E-state index < -0.39 is 30.1 Å². The number of halogens is 3. The molecule has 0 fully saturated rings. The Balaban J connectivity index is 1.94. The average Bonchev–Trinajstić information content (AvgIpc) is 2.48. The van der Waals surface area contributed by atoms with Crippen molar-refractivity contribution in [2.45, 2.75) is 0 Å². The lowest BCUT2D eigenvalue weighted by Crippen LogP contribution is -2.21. The lowest BCUT2D eigenvalue weighted by molar-refractivity contribution is -0.119. The molecule has 0 aliphatic rings. The van der Waals surface area contributed by atoms with Gasteiger partial charge in [0, 0.05) is 5.69 Å². The summed E-state index contributed by atoms with van der Waals surface area (Å²) < 4.78 is 30.6. The van der Waals surface area contributed by atoms with E-state index in [1.807, 2.05) is 0 Å². The van der Waals surface area contributed by atoms with Gasteiger partial charge in [-0.1, -0.05) is 11.6 Å². The van der Waals surface area contributed by atoms with Crippen LogP contribution in [0.1, 0.15) is 10.4 Å². The van der Waals surface area contributed by atoms with Crippen LogP contribution in [0.4, 0.5) is 20.2 Å². The molecular weight excluding hydrogens is 330 g/mol. The number of esters is 1. The minimum Gasteiger partial charge on any atom is -0.452 e. The molecule has 0 atom stereocenters. The van der Waals surface area contributed by atoms with Gasteiger partial charge < -0.3 is 15.8 Å². The third kappa shape index (κ3) is 4.40. The van der Waals surface area contributed by atoms with Crippen LogP contribution in [0.2, 0.25) is 5.02 Å². The Hall–Kier alpha value is -2.67. The van der Waals surface area contributed by atoms with Gasteiger partial charge in [0.2, 0.25) is 0 Å². The van der Waals surface area contributed by atoms with Gasteiger partial charge in [0.05, 0.1) is 16.3 Å². The zero-order valence-electron chi connectivity index (χ0n) is 11.6. The Kier molecular flexibility index (Phi) is 5.13. The van der Waals surface area contributed by atoms with Gasteiger partial charge in [-0.2, -0.15) is 0 Å². The van der Waals surface area contributed by atoms with Gasteiger partial charge in [0.15, 0.2) is 6.61 Å². The molecule has 5 nitrogen and oxygen atoms in total. The summed E-state index contributed by atoms with van der Waals surface area (Å²) in [5, 5.41) is 2.37. The van der Waals surface area contributed by atoms with Gasteiger partial charge >= 0.3 is 5.97 Å². The molecule has 8 heteroatoms. The number of nitrogens with two attached hydrogens (primary N) is 1. The van der Waals surface area contributed by atoms with E-state index in [-0.39, 0.29) is 22.0 Å². The lowest BCUT2D eigenvalue weighted by Gasteiger charge is -2.09. The number of nitrogen functional groups attached to an aromatic ring is 1. The number of hydrogen-bond acceptors (Lipinski definition) is 4. The molecule has 0 aliphatic heterocycles. The summed E-state index contributed by atoms with van der Waals surface area (Å²) in [4.78, 5) is 23.5. The average molecular weight is 341 g/mol. The predicted octanol–water partition coefficient (Wildman–Crippen LogP) is 3.00. The standard InChI is InChI=1S/C15H11ClF2N2O3/c16-11-5-8(17)2-4-13(11)20-14(21)7-23-15(22)10-3-1-9(18)6-12(10)19/h1-6H,7,19H2,(H,20,21). The number of benzene rings is 2. The van der Waals surface area contributed by atoms with Gasteiger partial charge in [0.1, 0.15) is 11.6 Å². The van der Waals surface area contributed by atoms with Crippen LogP contribution in [-0.2, 0) is 9.53 Å². The van der Waals surface area contributed by atoms with E-state index in [4.69, 9.17) is 22.1 Å². The van der Waals surface area contributed by atoms with Crippen molar-refractivity contribution in [3.8, 4) is 0 Å². The summed E-state index contributed by atoms with van der Waals surface area (Å²) in [5.74, 6) is -2.69. The molecule has 3 N–H and O–H groups in total. The second-order valence-corrected chi connectivity index (χ2v) is 4.89. The first-order valence-corrected chi connectivity index (χ1v) is 6.71. The van der Waals surface area contributed by atoms with Crippen molar-refractivity contribution < 1.29 is 23.1 Å². The van der Waals surface area contributed by atoms with Crippen molar-refractivity contribution in [2.75, 3.05) is 17.7 Å². The van der Waals surface area contributed by atoms with Gasteiger partial charge in [-0.25, -0.2) is 13.6 Å². The number of carbonyl (C=O) groups excluding carboxylic acids is 2. The van der Waals surface area contributed by atoms with Crippen LogP contribution in [0.3, 0.4) is 0 Å². The highest BCUT2D eigenvalue weighted by molar-refractivity contribution is 6.33. The van der Waals surface area contributed by atoms with Crippen LogP contribution in [0.15, 0.2) is 36.4 Å². The summed E-state index contributed by atoms with van der Waals surface area (Å²) in [6, 6.07) is 6.59. The van der Waals surface area contributed by atoms with Gasteiger partial charge in [-0.05, 0) is 36.4 Å². The van der Waals surface area contributed by atoms with E-state index in [1.165, 1.54) is 6.07 Å². The third-order valence-corrected chi connectivity index (χ3v) is 3.09. The summed E-state index contributed by atoms with van der Waals surface area (Å²) in [7, 11) is 0. The van der Waals surface area contributed by atoms with E-state index in [9.17, 15) is 18.4 Å². The Bertz CT molecular complexity index is 768. The predicted molar refractivity (Wildman–Crippen MR) is 81.1 cm³/mol. The minimum atomic E-state index is -0.872. The normalized spacial score (nSPS) is 10.2. The van der Waals surface area contributed by atoms with Gasteiger partial charge in [0.25, 0.3) is 5.91 Å². The molecule has 0 radical (unpaired) electrons. The lowest BCUT2D eigenvalue weighted by atomic mass is 10.2. The molecule has 0 spiro atoms. The molecule has 1 amide bonds. The molecule has 0 aromatic heterocycles. The largest absolute Gasteiger partial charge is 0.452 e. The van der Waals surface area contributed by atoms with Gasteiger partial charge in [-0.3, -0.25) is 4.79 Å². The summed E-state index contributed by atoms with van der Waals surface area (Å²) in [5.41, 5.74) is 5.51. The van der Waals surface area contributed by atoms with E-state index in [0.29, 0.717) is 0 Å². The number of carbonyl (C=O) groups is 2. The quantitative estimate of drug-likeness (QED) is 0.662. The molecule has 0 heterocycles. The minimum absolute atomic E-state index is 0.00690. The highest BCUT2D eigenvalue weighted by Crippen LogP contribution is 2.22. The third-order valence-electron chi connectivity index (χ3n) is 2.77. The van der Waals surface area contributed by atoms with E-state index in [1.54, 1.807) is 0 Å². The molecular formula is C15H11ClF2N2O3. The Morgan fingerprint density at radius 2 is 1.78 bits per heavy atom. The van der Waals surface area contributed by atoms with Crippen LogP contribution in [0.5, 0.6) is 0 Å². The smallest absolute Gasteiger partial charge is 0.340 e. The Labute approximate surface area is 135 Å². The Morgan fingerprint density at radius 3 is 2.43 bits per heavy atom. The van der Waals surface area contributed by atoms with E-state index >= 15 is 0 Å². The molecule has 120 valence electrons. The van der Waals surface area contributed by atoms with Crippen molar-refractivity contribution >= 4 is 34.9 Å². The molecule has 2 aromatic rings. The van der Waals surface area contributed by atoms with Crippen LogP contribution < -0.4 is 11.1 Å². The highest BCUT2D eigenvalue weighted by Gasteiger charge is 2.14. The van der Waals surface area contributed by atoms with Crippen molar-refractivity contribution in [1.29, 1.82) is 0 Å². The topological polar surface area (TPSA) is 81.4 Å². The van der Waals surface area contributed by atoms with Crippen LogP contribution in [0.25, 0.3) is 0 Å². The number of amides is 1. The van der Waals surface area contributed by atoms with E-state index in [2.05, 4.69) is 5.32 Å². The summed E-state index contributed by atoms with van der Waals surface area (Å²) in [6.45, 7) is -0.608. The van der Waals surface area contributed by atoms with Crippen molar-refractivity contribution in [3.63, 3.8) is 0 Å². The molecule has 0 aliphatic carbocycles. The monoisotopic (exact) mass is 340 g/mol. The fourth-order valence-electron chi connectivity index (χ4n) is 1.71. The number of rotatable bonds is 4. The number of anilines is 2. The molecule has 2 rings (SSSR count). The van der Waals surface area contributed by atoms with Crippen molar-refractivity contribution in [1.82, 2.24) is 0 Å². The molecule has 0 saturated carbocycles. The molecule has 23 heavy (non-hydrogen) atoms. The van der Waals surface area contributed by atoms with Crippen LogP contribution >= 0.6 is 11.6 Å². The van der Waals surface area contributed by atoms with Crippen molar-refractivity contribution in [2.24, 2.45) is 0 Å². The summed E-state index contributed by atoms with van der Waals surface area (Å²) >= 11 is 5.75. The highest BCUT2D eigenvalue weighted by atomic mass is 35.5. The molecule has 0 unspecified atom stereocenters. The second kappa shape index (κ2) is 7.06.